The monoisotopic (exact) mass is 256 g/mol. The summed E-state index contributed by atoms with van der Waals surface area (Å²) < 4.78 is 14.4. The Hall–Kier alpha value is -2.05. The Morgan fingerprint density at radius 2 is 1.94 bits per heavy atom. The molecule has 7 heteroatoms. The first-order valence-corrected chi connectivity index (χ1v) is 5.29. The van der Waals surface area contributed by atoms with E-state index in [9.17, 15) is 9.59 Å². The number of esters is 1. The van der Waals surface area contributed by atoms with Gasteiger partial charge in [0.15, 0.2) is 0 Å². The molecule has 0 fully saturated rings. The van der Waals surface area contributed by atoms with Crippen LogP contribution >= 0.6 is 0 Å². The largest absolute Gasteiger partial charge is 0.465 e. The number of rotatable bonds is 2. The quantitative estimate of drug-likeness (QED) is 0.815. The number of hydrogen-bond donors (Lipinski definition) is 1. The third-order valence-electron chi connectivity index (χ3n) is 1.87. The Balaban J connectivity index is 2.86. The Morgan fingerprint density at radius 3 is 2.44 bits per heavy atom. The molecule has 0 saturated heterocycles. The van der Waals surface area contributed by atoms with Gasteiger partial charge >= 0.3 is 12.1 Å². The molecule has 1 rings (SSSR count). The van der Waals surface area contributed by atoms with Crippen molar-refractivity contribution < 1.29 is 23.6 Å². The van der Waals surface area contributed by atoms with Gasteiger partial charge in [-0.3, -0.25) is 5.32 Å². The number of nitrogens with one attached hydrogen (secondary N) is 1. The van der Waals surface area contributed by atoms with E-state index in [0.29, 0.717) is 5.69 Å². The second-order valence-corrected chi connectivity index (χ2v) is 4.59. The molecule has 0 aliphatic rings. The Bertz CT molecular complexity index is 458. The van der Waals surface area contributed by atoms with Gasteiger partial charge < -0.3 is 14.0 Å². The number of ether oxygens (including phenoxy) is 2. The van der Waals surface area contributed by atoms with Crippen LogP contribution in [0.1, 0.15) is 36.8 Å². The summed E-state index contributed by atoms with van der Waals surface area (Å²) >= 11 is 0. The summed E-state index contributed by atoms with van der Waals surface area (Å²) in [5.74, 6) is -0.728. The van der Waals surface area contributed by atoms with Gasteiger partial charge in [-0.25, -0.2) is 9.59 Å². The van der Waals surface area contributed by atoms with Crippen molar-refractivity contribution in [1.82, 2.24) is 5.16 Å². The first-order valence-electron chi connectivity index (χ1n) is 5.29. The first kappa shape index (κ1) is 14.0. The number of aromatic nitrogens is 1. The molecular formula is C11H16N2O5. The van der Waals surface area contributed by atoms with E-state index < -0.39 is 17.7 Å². The van der Waals surface area contributed by atoms with Gasteiger partial charge in [0, 0.05) is 0 Å². The van der Waals surface area contributed by atoms with E-state index in [0.717, 1.165) is 0 Å². The summed E-state index contributed by atoms with van der Waals surface area (Å²) in [5, 5.41) is 5.90. The molecule has 0 aliphatic heterocycles. The number of methoxy groups -OCH3 is 1. The number of carbonyl (C=O) groups excluding carboxylic acids is 2. The molecule has 1 heterocycles. The van der Waals surface area contributed by atoms with Crippen LogP contribution in [0.3, 0.4) is 0 Å². The molecule has 0 saturated carbocycles. The highest BCUT2D eigenvalue weighted by molar-refractivity contribution is 5.98. The minimum Gasteiger partial charge on any atom is -0.465 e. The number of nitrogens with zero attached hydrogens (tertiary/aromatic N) is 1. The Kier molecular flexibility index (Phi) is 3.95. The molecule has 1 amide bonds. The maximum Gasteiger partial charge on any atom is 0.414 e. The average Bonchev–Trinajstić information content (AvgIpc) is 2.56. The lowest BCUT2D eigenvalue weighted by molar-refractivity contribution is 0.0600. The van der Waals surface area contributed by atoms with E-state index >= 15 is 0 Å². The predicted molar refractivity (Wildman–Crippen MR) is 62.4 cm³/mol. The molecule has 1 aromatic rings. The second kappa shape index (κ2) is 5.07. The van der Waals surface area contributed by atoms with Gasteiger partial charge in [-0.1, -0.05) is 5.16 Å². The molecule has 100 valence electrons. The van der Waals surface area contributed by atoms with E-state index in [2.05, 4.69) is 15.2 Å². The number of carbonyl (C=O) groups is 2. The number of anilines is 1. The van der Waals surface area contributed by atoms with Crippen LogP contribution < -0.4 is 5.32 Å². The fraction of sp³-hybridized carbons (Fsp3) is 0.545. The van der Waals surface area contributed by atoms with Gasteiger partial charge in [0.05, 0.1) is 12.8 Å². The third kappa shape index (κ3) is 3.47. The van der Waals surface area contributed by atoms with E-state index in [1.54, 1.807) is 27.7 Å². The molecule has 1 aromatic heterocycles. The van der Waals surface area contributed by atoms with Crippen LogP contribution in [0.25, 0.3) is 0 Å². The molecule has 1 N–H and O–H groups in total. The molecule has 0 aromatic carbocycles. The minimum atomic E-state index is -0.733. The molecule has 0 unspecified atom stereocenters. The van der Waals surface area contributed by atoms with Crippen molar-refractivity contribution in [3.8, 4) is 0 Å². The van der Waals surface area contributed by atoms with Gasteiger partial charge in [-0.15, -0.1) is 0 Å². The highest BCUT2D eigenvalue weighted by atomic mass is 16.6. The van der Waals surface area contributed by atoms with Crippen LogP contribution in [0.15, 0.2) is 4.52 Å². The standard InChI is InChI=1S/C11H16N2O5/c1-6-7(9(14)16-5)8(18-13-6)12-10(15)17-11(2,3)4/h1-5H3,(H,12,15). The fourth-order valence-corrected chi connectivity index (χ4v) is 1.19. The molecule has 7 nitrogen and oxygen atoms in total. The van der Waals surface area contributed by atoms with Gasteiger partial charge in [0.2, 0.25) is 5.88 Å². The van der Waals surface area contributed by atoms with Gasteiger partial charge in [0.25, 0.3) is 0 Å². The second-order valence-electron chi connectivity index (χ2n) is 4.59. The van der Waals surface area contributed by atoms with Crippen molar-refractivity contribution in [3.05, 3.63) is 11.3 Å². The summed E-state index contributed by atoms with van der Waals surface area (Å²) in [6.07, 6.45) is -0.733. The molecule has 18 heavy (non-hydrogen) atoms. The maximum absolute atomic E-state index is 11.5. The van der Waals surface area contributed by atoms with Crippen LogP contribution in [0.2, 0.25) is 0 Å². The molecule has 0 aliphatic carbocycles. The lowest BCUT2D eigenvalue weighted by Gasteiger charge is -2.19. The normalized spacial score (nSPS) is 10.9. The van der Waals surface area contributed by atoms with Crippen LogP contribution in [-0.2, 0) is 9.47 Å². The van der Waals surface area contributed by atoms with E-state index in [1.165, 1.54) is 7.11 Å². The van der Waals surface area contributed by atoms with Crippen molar-refractivity contribution >= 4 is 17.9 Å². The first-order chi connectivity index (χ1) is 8.24. The van der Waals surface area contributed by atoms with Gasteiger partial charge in [-0.2, -0.15) is 0 Å². The lowest BCUT2D eigenvalue weighted by Crippen LogP contribution is -2.27. The topological polar surface area (TPSA) is 90.7 Å². The lowest BCUT2D eigenvalue weighted by atomic mass is 10.2. The van der Waals surface area contributed by atoms with Crippen molar-refractivity contribution in [2.75, 3.05) is 12.4 Å². The van der Waals surface area contributed by atoms with Crippen molar-refractivity contribution in [2.24, 2.45) is 0 Å². The summed E-state index contributed by atoms with van der Waals surface area (Å²) in [7, 11) is 1.23. The fourth-order valence-electron chi connectivity index (χ4n) is 1.19. The predicted octanol–water partition coefficient (Wildman–Crippen LogP) is 2.12. The Labute approximate surface area is 104 Å². The smallest absolute Gasteiger partial charge is 0.414 e. The zero-order valence-corrected chi connectivity index (χ0v) is 11.0. The summed E-state index contributed by atoms with van der Waals surface area (Å²) in [5.41, 5.74) is -0.249. The number of aryl methyl sites for hydroxylation is 1. The van der Waals surface area contributed by atoms with Gasteiger partial charge in [-0.05, 0) is 27.7 Å². The Morgan fingerprint density at radius 1 is 1.33 bits per heavy atom. The molecule has 0 spiro atoms. The molecule has 0 atom stereocenters. The highest BCUT2D eigenvalue weighted by Gasteiger charge is 2.24. The number of amides is 1. The summed E-state index contributed by atoms with van der Waals surface area (Å²) in [6.45, 7) is 6.73. The van der Waals surface area contributed by atoms with Crippen molar-refractivity contribution in [1.29, 1.82) is 0 Å². The maximum atomic E-state index is 11.5. The average molecular weight is 256 g/mol. The van der Waals surface area contributed by atoms with Crippen molar-refractivity contribution in [2.45, 2.75) is 33.3 Å². The highest BCUT2D eigenvalue weighted by Crippen LogP contribution is 2.21. The third-order valence-corrected chi connectivity index (χ3v) is 1.87. The van der Waals surface area contributed by atoms with E-state index in [1.807, 2.05) is 0 Å². The zero-order valence-electron chi connectivity index (χ0n) is 11.0. The molecule has 0 bridgehead atoms. The minimum absolute atomic E-state index is 0.0726. The zero-order chi connectivity index (χ0) is 13.9. The molecule has 0 radical (unpaired) electrons. The van der Waals surface area contributed by atoms with Crippen LogP contribution in [0.5, 0.6) is 0 Å². The SMILES string of the molecule is COC(=O)c1c(C)noc1NC(=O)OC(C)(C)C. The van der Waals surface area contributed by atoms with E-state index in [4.69, 9.17) is 9.26 Å². The summed E-state index contributed by atoms with van der Waals surface area (Å²) in [6, 6.07) is 0. The number of hydrogen-bond acceptors (Lipinski definition) is 6. The molecular weight excluding hydrogens is 240 g/mol. The summed E-state index contributed by atoms with van der Waals surface area (Å²) in [4.78, 5) is 23.0. The van der Waals surface area contributed by atoms with Gasteiger partial charge in [0.1, 0.15) is 11.2 Å². The van der Waals surface area contributed by atoms with Crippen LogP contribution in [0.4, 0.5) is 10.7 Å². The van der Waals surface area contributed by atoms with Crippen LogP contribution in [0, 0.1) is 6.92 Å². The van der Waals surface area contributed by atoms with Crippen molar-refractivity contribution in [3.63, 3.8) is 0 Å². The van der Waals surface area contributed by atoms with E-state index in [-0.39, 0.29) is 11.4 Å². The van der Waals surface area contributed by atoms with Crippen LogP contribution in [-0.4, -0.2) is 29.9 Å².